The van der Waals surface area contributed by atoms with E-state index in [0.717, 1.165) is 20.5 Å². The Hall–Kier alpha value is -2.03. The summed E-state index contributed by atoms with van der Waals surface area (Å²) < 4.78 is 33.5. The lowest BCUT2D eigenvalue weighted by molar-refractivity contribution is -0.147. The van der Waals surface area contributed by atoms with Crippen LogP contribution in [0.15, 0.2) is 28.5 Å². The quantitative estimate of drug-likeness (QED) is 0.523. The second-order valence-corrected chi connectivity index (χ2v) is 13.0. The topological polar surface area (TPSA) is 125 Å². The van der Waals surface area contributed by atoms with E-state index in [1.807, 2.05) is 0 Å². The minimum Gasteiger partial charge on any atom is -0.480 e. The van der Waals surface area contributed by atoms with Crippen molar-refractivity contribution < 1.29 is 32.6 Å². The number of morpholine rings is 1. The summed E-state index contributed by atoms with van der Waals surface area (Å²) in [6.07, 6.45) is 0.0881. The van der Waals surface area contributed by atoms with Gasteiger partial charge in [0.05, 0.1) is 17.6 Å². The van der Waals surface area contributed by atoms with Gasteiger partial charge in [-0.15, -0.1) is 22.7 Å². The fraction of sp³-hybridized carbons (Fsp3) is 0.476. The molecule has 2 aromatic rings. The van der Waals surface area contributed by atoms with Crippen LogP contribution in [0.25, 0.3) is 9.75 Å². The van der Waals surface area contributed by atoms with Gasteiger partial charge in [-0.05, 0) is 37.6 Å². The third kappa shape index (κ3) is 5.39. The van der Waals surface area contributed by atoms with Crippen LogP contribution in [-0.4, -0.2) is 96.9 Å². The molecule has 0 spiro atoms. The van der Waals surface area contributed by atoms with Crippen molar-refractivity contribution in [3.05, 3.63) is 28.6 Å². The second kappa shape index (κ2) is 10.5. The van der Waals surface area contributed by atoms with E-state index in [9.17, 15) is 27.9 Å². The van der Waals surface area contributed by atoms with Crippen LogP contribution in [0.3, 0.4) is 0 Å². The number of carboxylic acid groups (broad SMARTS) is 1. The van der Waals surface area contributed by atoms with Gasteiger partial charge >= 0.3 is 5.97 Å². The second-order valence-electron chi connectivity index (χ2n) is 8.12. The summed E-state index contributed by atoms with van der Waals surface area (Å²) in [4.78, 5) is 42.2. The average Bonchev–Trinajstić information content (AvgIpc) is 3.57. The Morgan fingerprint density at radius 1 is 1.17 bits per heavy atom. The highest BCUT2D eigenvalue weighted by molar-refractivity contribution is 7.91. The summed E-state index contributed by atoms with van der Waals surface area (Å²) in [5.41, 5.74) is 0. The fourth-order valence-corrected chi connectivity index (χ4v) is 8.30. The van der Waals surface area contributed by atoms with E-state index in [1.54, 1.807) is 30.0 Å². The average molecular weight is 562 g/mol. The molecule has 4 rings (SSSR count). The number of thiophene rings is 2. The van der Waals surface area contributed by atoms with Crippen LogP contribution in [0.1, 0.15) is 13.3 Å². The molecule has 2 aliphatic rings. The Labute approximate surface area is 215 Å². The van der Waals surface area contributed by atoms with Crippen molar-refractivity contribution in [1.82, 2.24) is 14.1 Å². The minimum absolute atomic E-state index is 0.0676. The number of likely N-dealkylation sites (tertiary alicyclic amines) is 1. The standard InChI is InChI=1S/C21H24ClN3O7S3/c1-13(20(28)23-8-10-32-11-9-23)24-7-6-14(21(24)29)25(12-18(26)27)35(30,31)19-5-3-16(34-19)15-2-4-17(22)33-15/h2-5,13-14H,6-12H2,1H3,(H,26,27)/t13-,14-/m0/s1. The molecule has 35 heavy (non-hydrogen) atoms. The van der Waals surface area contributed by atoms with Crippen molar-refractivity contribution >= 4 is 62.1 Å². The molecule has 2 aliphatic heterocycles. The molecule has 2 amide bonds. The molecule has 2 atom stereocenters. The molecule has 0 radical (unpaired) electrons. The Balaban J connectivity index is 1.56. The molecular weight excluding hydrogens is 538 g/mol. The molecule has 1 N–H and O–H groups in total. The SMILES string of the molecule is C[C@@H](C(=O)N1CCOCC1)N1CC[C@H](N(CC(=O)O)S(=O)(=O)c2ccc(-c3ccc(Cl)s3)s2)C1=O. The monoisotopic (exact) mass is 561 g/mol. The number of carboxylic acids is 1. The van der Waals surface area contributed by atoms with Crippen molar-refractivity contribution in [1.29, 1.82) is 0 Å². The lowest BCUT2D eigenvalue weighted by Crippen LogP contribution is -2.53. The number of sulfonamides is 1. The van der Waals surface area contributed by atoms with Crippen molar-refractivity contribution in [2.75, 3.05) is 39.4 Å². The van der Waals surface area contributed by atoms with E-state index < -0.39 is 40.5 Å². The first-order chi connectivity index (χ1) is 16.6. The number of nitrogens with zero attached hydrogens (tertiary/aromatic N) is 3. The Morgan fingerprint density at radius 2 is 1.83 bits per heavy atom. The molecule has 0 aromatic carbocycles. The largest absolute Gasteiger partial charge is 0.480 e. The summed E-state index contributed by atoms with van der Waals surface area (Å²) in [6.45, 7) is 2.56. The van der Waals surface area contributed by atoms with Gasteiger partial charge in [-0.1, -0.05) is 11.6 Å². The van der Waals surface area contributed by atoms with E-state index in [4.69, 9.17) is 16.3 Å². The highest BCUT2D eigenvalue weighted by atomic mass is 35.5. The number of carbonyl (C=O) groups excluding carboxylic acids is 2. The predicted molar refractivity (Wildman–Crippen MR) is 131 cm³/mol. The van der Waals surface area contributed by atoms with Crippen LogP contribution in [0.4, 0.5) is 0 Å². The van der Waals surface area contributed by atoms with Gasteiger partial charge in [0.2, 0.25) is 11.8 Å². The van der Waals surface area contributed by atoms with Crippen LogP contribution >= 0.6 is 34.3 Å². The maximum absolute atomic E-state index is 13.5. The molecule has 2 saturated heterocycles. The smallest absolute Gasteiger partial charge is 0.318 e. The molecule has 0 unspecified atom stereocenters. The lowest BCUT2D eigenvalue weighted by Gasteiger charge is -2.33. The van der Waals surface area contributed by atoms with Gasteiger partial charge in [-0.3, -0.25) is 14.4 Å². The van der Waals surface area contributed by atoms with Crippen molar-refractivity contribution in [2.45, 2.75) is 29.6 Å². The summed E-state index contributed by atoms with van der Waals surface area (Å²) in [5.74, 6) is -2.20. The molecule has 4 heterocycles. The molecule has 0 saturated carbocycles. The Kier molecular flexibility index (Phi) is 7.83. The third-order valence-electron chi connectivity index (χ3n) is 5.96. The minimum atomic E-state index is -4.30. The van der Waals surface area contributed by atoms with Crippen LogP contribution < -0.4 is 0 Å². The van der Waals surface area contributed by atoms with Crippen molar-refractivity contribution in [2.24, 2.45) is 0 Å². The van der Waals surface area contributed by atoms with Crippen molar-refractivity contribution in [3.8, 4) is 9.75 Å². The van der Waals surface area contributed by atoms with E-state index in [-0.39, 0.29) is 23.1 Å². The normalized spacial score (nSPS) is 20.0. The van der Waals surface area contributed by atoms with Crippen LogP contribution in [0.2, 0.25) is 4.34 Å². The zero-order chi connectivity index (χ0) is 25.3. The molecule has 0 aliphatic carbocycles. The highest BCUT2D eigenvalue weighted by Crippen LogP contribution is 2.38. The first-order valence-corrected chi connectivity index (χ1v) is 14.3. The number of rotatable bonds is 8. The molecular formula is C21H24ClN3O7S3. The summed E-state index contributed by atoms with van der Waals surface area (Å²) in [5, 5.41) is 9.45. The molecule has 14 heteroatoms. The van der Waals surface area contributed by atoms with Gasteiger partial charge in [0.25, 0.3) is 10.0 Å². The summed E-state index contributed by atoms with van der Waals surface area (Å²) in [7, 11) is -4.30. The van der Waals surface area contributed by atoms with Gasteiger partial charge in [0.15, 0.2) is 0 Å². The molecule has 2 fully saturated rings. The molecule has 0 bridgehead atoms. The Morgan fingerprint density at radius 3 is 2.46 bits per heavy atom. The predicted octanol–water partition coefficient (Wildman–Crippen LogP) is 2.05. The number of hydrogen-bond donors (Lipinski definition) is 1. The number of carbonyl (C=O) groups is 3. The molecule has 2 aromatic heterocycles. The number of ether oxygens (including phenoxy) is 1. The van der Waals surface area contributed by atoms with E-state index >= 15 is 0 Å². The Bertz CT molecular complexity index is 1220. The number of halogens is 1. The first-order valence-electron chi connectivity index (χ1n) is 10.9. The van der Waals surface area contributed by atoms with E-state index in [1.165, 1.54) is 22.3 Å². The zero-order valence-corrected chi connectivity index (χ0v) is 22.0. The van der Waals surface area contributed by atoms with Gasteiger partial charge < -0.3 is 19.6 Å². The zero-order valence-electron chi connectivity index (χ0n) is 18.8. The van der Waals surface area contributed by atoms with Gasteiger partial charge in [0, 0.05) is 29.4 Å². The third-order valence-corrected chi connectivity index (χ3v) is 10.8. The number of aliphatic carboxylic acids is 1. The highest BCUT2D eigenvalue weighted by Gasteiger charge is 2.46. The van der Waals surface area contributed by atoms with Gasteiger partial charge in [-0.25, -0.2) is 8.42 Å². The van der Waals surface area contributed by atoms with Crippen LogP contribution in [0, 0.1) is 0 Å². The molecule has 10 nitrogen and oxygen atoms in total. The summed E-state index contributed by atoms with van der Waals surface area (Å²) >= 11 is 8.26. The summed E-state index contributed by atoms with van der Waals surface area (Å²) in [6, 6.07) is 4.51. The van der Waals surface area contributed by atoms with Gasteiger partial charge in [-0.2, -0.15) is 4.31 Å². The number of amides is 2. The van der Waals surface area contributed by atoms with E-state index in [2.05, 4.69) is 0 Å². The van der Waals surface area contributed by atoms with E-state index in [0.29, 0.717) is 35.5 Å². The maximum Gasteiger partial charge on any atom is 0.318 e. The molecule has 190 valence electrons. The maximum atomic E-state index is 13.5. The van der Waals surface area contributed by atoms with Crippen molar-refractivity contribution in [3.63, 3.8) is 0 Å². The first kappa shape index (κ1) is 26.0. The fourth-order valence-electron chi connectivity index (χ4n) is 4.17. The lowest BCUT2D eigenvalue weighted by atomic mass is 10.2. The van der Waals surface area contributed by atoms with Crippen LogP contribution in [0.5, 0.6) is 0 Å². The number of hydrogen-bond acceptors (Lipinski definition) is 8. The van der Waals surface area contributed by atoms with Crippen LogP contribution in [-0.2, 0) is 29.1 Å². The van der Waals surface area contributed by atoms with Gasteiger partial charge in [0.1, 0.15) is 22.8 Å².